The summed E-state index contributed by atoms with van der Waals surface area (Å²) in [6, 6.07) is 3.91. The van der Waals surface area contributed by atoms with Crippen molar-refractivity contribution in [2.45, 2.75) is 18.9 Å². The largest absolute Gasteiger partial charge is 0.476 e. The Morgan fingerprint density at radius 2 is 2.39 bits per heavy atom. The molecule has 0 aromatic carbocycles. The Hall–Kier alpha value is -1.62. The maximum Gasteiger partial charge on any atom is 0.254 e. The van der Waals surface area contributed by atoms with E-state index in [-0.39, 0.29) is 5.91 Å². The van der Waals surface area contributed by atoms with Crippen LogP contribution in [0.1, 0.15) is 23.2 Å². The summed E-state index contributed by atoms with van der Waals surface area (Å²) in [5.41, 5.74) is 0.575. The summed E-state index contributed by atoms with van der Waals surface area (Å²) in [5, 5.41) is 3.36. The second-order valence-electron chi connectivity index (χ2n) is 4.69. The molecular weight excluding hydrogens is 230 g/mol. The number of rotatable bonds is 4. The Balaban J connectivity index is 1.89. The summed E-state index contributed by atoms with van der Waals surface area (Å²) in [5.74, 6) is 0.519. The zero-order chi connectivity index (χ0) is 13.0. The molecule has 0 bridgehead atoms. The monoisotopic (exact) mass is 249 g/mol. The number of hydrogen-bond acceptors (Lipinski definition) is 4. The van der Waals surface area contributed by atoms with Gasteiger partial charge in [0.25, 0.3) is 5.91 Å². The average molecular weight is 249 g/mol. The van der Waals surface area contributed by atoms with Crippen molar-refractivity contribution in [1.29, 1.82) is 0 Å². The molecule has 5 heteroatoms. The first-order chi connectivity index (χ1) is 8.66. The van der Waals surface area contributed by atoms with Gasteiger partial charge in [-0.05, 0) is 25.5 Å². The van der Waals surface area contributed by atoms with E-state index >= 15 is 0 Å². The minimum absolute atomic E-state index is 0.0495. The van der Waals surface area contributed by atoms with Crippen molar-refractivity contribution in [1.82, 2.24) is 15.2 Å². The second kappa shape index (κ2) is 5.82. The van der Waals surface area contributed by atoms with Gasteiger partial charge in [-0.2, -0.15) is 0 Å². The number of carbonyl (C=O) groups excluding carboxylic acids is 1. The molecule has 2 heterocycles. The molecule has 0 radical (unpaired) electrons. The van der Waals surface area contributed by atoms with Crippen molar-refractivity contribution in [3.05, 3.63) is 23.9 Å². The lowest BCUT2D eigenvalue weighted by Crippen LogP contribution is -2.28. The Morgan fingerprint density at radius 3 is 2.94 bits per heavy atom. The summed E-state index contributed by atoms with van der Waals surface area (Å²) in [6.07, 6.45) is 3.91. The molecule has 1 N–H and O–H groups in total. The fourth-order valence-corrected chi connectivity index (χ4v) is 1.94. The molecular formula is C13H19N3O2. The Kier molecular flexibility index (Phi) is 4.15. The van der Waals surface area contributed by atoms with E-state index < -0.39 is 0 Å². The van der Waals surface area contributed by atoms with Crippen LogP contribution in [0.4, 0.5) is 0 Å². The predicted molar refractivity (Wildman–Crippen MR) is 68.8 cm³/mol. The van der Waals surface area contributed by atoms with E-state index in [0.717, 1.165) is 13.0 Å². The molecule has 1 aromatic heterocycles. The van der Waals surface area contributed by atoms with Crippen molar-refractivity contribution in [3.63, 3.8) is 0 Å². The van der Waals surface area contributed by atoms with Crippen molar-refractivity contribution in [2.24, 2.45) is 0 Å². The van der Waals surface area contributed by atoms with Gasteiger partial charge in [-0.15, -0.1) is 0 Å². The SMILES string of the molecule is CN(C)C(=O)c1ccc(OCC2CCCN2)nc1. The van der Waals surface area contributed by atoms with Gasteiger partial charge in [0.2, 0.25) is 5.88 Å². The topological polar surface area (TPSA) is 54.5 Å². The highest BCUT2D eigenvalue weighted by Crippen LogP contribution is 2.11. The first-order valence-electron chi connectivity index (χ1n) is 6.20. The van der Waals surface area contributed by atoms with Crippen LogP contribution in [0.5, 0.6) is 5.88 Å². The quantitative estimate of drug-likeness (QED) is 0.862. The molecule has 1 amide bonds. The molecule has 1 fully saturated rings. The first kappa shape index (κ1) is 12.8. The number of pyridine rings is 1. The van der Waals surface area contributed by atoms with Crippen LogP contribution in [0.15, 0.2) is 18.3 Å². The summed E-state index contributed by atoms with van der Waals surface area (Å²) in [7, 11) is 3.44. The number of aromatic nitrogens is 1. The van der Waals surface area contributed by atoms with Crippen molar-refractivity contribution < 1.29 is 9.53 Å². The van der Waals surface area contributed by atoms with Crippen LogP contribution >= 0.6 is 0 Å². The highest BCUT2D eigenvalue weighted by atomic mass is 16.5. The fourth-order valence-electron chi connectivity index (χ4n) is 1.94. The molecule has 18 heavy (non-hydrogen) atoms. The molecule has 5 nitrogen and oxygen atoms in total. The minimum atomic E-state index is -0.0495. The van der Waals surface area contributed by atoms with E-state index in [2.05, 4.69) is 10.3 Å². The van der Waals surface area contributed by atoms with Crippen molar-refractivity contribution >= 4 is 5.91 Å². The van der Waals surface area contributed by atoms with Gasteiger partial charge in [-0.1, -0.05) is 0 Å². The Morgan fingerprint density at radius 1 is 1.56 bits per heavy atom. The Labute approximate surface area is 107 Å². The summed E-state index contributed by atoms with van der Waals surface area (Å²) in [6.45, 7) is 1.70. The molecule has 1 saturated heterocycles. The third-order valence-electron chi connectivity index (χ3n) is 2.98. The first-order valence-corrected chi connectivity index (χ1v) is 6.20. The number of nitrogens with zero attached hydrogens (tertiary/aromatic N) is 2. The van der Waals surface area contributed by atoms with Crippen LogP contribution in [0.25, 0.3) is 0 Å². The van der Waals surface area contributed by atoms with Crippen LogP contribution in [0, 0.1) is 0 Å². The van der Waals surface area contributed by atoms with Gasteiger partial charge in [0.1, 0.15) is 6.61 Å². The van der Waals surface area contributed by atoms with Crippen LogP contribution in [0.3, 0.4) is 0 Å². The third-order valence-corrected chi connectivity index (χ3v) is 2.98. The minimum Gasteiger partial charge on any atom is -0.476 e. The van der Waals surface area contributed by atoms with E-state index in [9.17, 15) is 4.79 Å². The number of nitrogens with one attached hydrogen (secondary N) is 1. The molecule has 1 unspecified atom stereocenters. The zero-order valence-electron chi connectivity index (χ0n) is 10.8. The number of ether oxygens (including phenoxy) is 1. The predicted octanol–water partition coefficient (Wildman–Crippen LogP) is 0.914. The number of amides is 1. The van der Waals surface area contributed by atoms with Crippen molar-refractivity contribution in [2.75, 3.05) is 27.2 Å². The second-order valence-corrected chi connectivity index (χ2v) is 4.69. The Bertz CT molecular complexity index is 397. The highest BCUT2D eigenvalue weighted by molar-refractivity contribution is 5.93. The maximum atomic E-state index is 11.7. The summed E-state index contributed by atoms with van der Waals surface area (Å²) in [4.78, 5) is 17.3. The lowest BCUT2D eigenvalue weighted by Gasteiger charge is -2.12. The molecule has 1 aromatic rings. The van der Waals surface area contributed by atoms with E-state index in [1.807, 2.05) is 0 Å². The van der Waals surface area contributed by atoms with Crippen LogP contribution in [-0.2, 0) is 0 Å². The molecule has 0 spiro atoms. The zero-order valence-corrected chi connectivity index (χ0v) is 10.8. The molecule has 1 aliphatic heterocycles. The maximum absolute atomic E-state index is 11.7. The molecule has 1 aliphatic rings. The summed E-state index contributed by atoms with van der Waals surface area (Å²) >= 11 is 0. The van der Waals surface area contributed by atoms with Crippen molar-refractivity contribution in [3.8, 4) is 5.88 Å². The van der Waals surface area contributed by atoms with E-state index in [4.69, 9.17) is 4.74 Å². The van der Waals surface area contributed by atoms with Gasteiger partial charge in [-0.25, -0.2) is 4.98 Å². The van der Waals surface area contributed by atoms with Gasteiger partial charge in [-0.3, -0.25) is 4.79 Å². The lowest BCUT2D eigenvalue weighted by atomic mass is 10.2. The third kappa shape index (κ3) is 3.20. The van der Waals surface area contributed by atoms with Crippen LogP contribution < -0.4 is 10.1 Å². The standard InChI is InChI=1S/C13H19N3O2/c1-16(2)13(17)10-5-6-12(15-8-10)18-9-11-4-3-7-14-11/h5-6,8,11,14H,3-4,7,9H2,1-2H3. The summed E-state index contributed by atoms with van der Waals surface area (Å²) < 4.78 is 5.59. The number of hydrogen-bond donors (Lipinski definition) is 1. The van der Waals surface area contributed by atoms with Gasteiger partial charge in [0.05, 0.1) is 5.56 Å². The highest BCUT2D eigenvalue weighted by Gasteiger charge is 2.15. The van der Waals surface area contributed by atoms with E-state index in [0.29, 0.717) is 24.1 Å². The van der Waals surface area contributed by atoms with Crippen LogP contribution in [-0.4, -0.2) is 49.1 Å². The molecule has 0 saturated carbocycles. The fraction of sp³-hybridized carbons (Fsp3) is 0.538. The van der Waals surface area contributed by atoms with E-state index in [1.165, 1.54) is 11.3 Å². The molecule has 0 aliphatic carbocycles. The van der Waals surface area contributed by atoms with Crippen LogP contribution in [0.2, 0.25) is 0 Å². The number of carbonyl (C=O) groups is 1. The normalized spacial score (nSPS) is 18.7. The average Bonchev–Trinajstić information content (AvgIpc) is 2.89. The van der Waals surface area contributed by atoms with Gasteiger partial charge in [0, 0.05) is 32.4 Å². The van der Waals surface area contributed by atoms with Gasteiger partial charge < -0.3 is 15.0 Å². The van der Waals surface area contributed by atoms with E-state index in [1.54, 1.807) is 32.4 Å². The molecule has 1 atom stereocenters. The smallest absolute Gasteiger partial charge is 0.254 e. The van der Waals surface area contributed by atoms with Gasteiger partial charge in [0.15, 0.2) is 0 Å². The molecule has 98 valence electrons. The van der Waals surface area contributed by atoms with Gasteiger partial charge >= 0.3 is 0 Å². The molecule has 2 rings (SSSR count). The lowest BCUT2D eigenvalue weighted by molar-refractivity contribution is 0.0827.